The average molecular weight is 355 g/mol. The van der Waals surface area contributed by atoms with Crippen LogP contribution in [0.1, 0.15) is 22.8 Å². The highest BCUT2D eigenvalue weighted by molar-refractivity contribution is 14.1. The largest absolute Gasteiger partial charge is 0.478 e. The zero-order valence-corrected chi connectivity index (χ0v) is 10.7. The van der Waals surface area contributed by atoms with Gasteiger partial charge in [0.1, 0.15) is 0 Å². The number of carboxylic acid groups (broad SMARTS) is 1. The Bertz CT molecular complexity index is 350. The fourth-order valence-electron chi connectivity index (χ4n) is 1.06. The minimum atomic E-state index is -0.883. The summed E-state index contributed by atoms with van der Waals surface area (Å²) in [7, 11) is 0. The van der Waals surface area contributed by atoms with Gasteiger partial charge in [-0.05, 0) is 56.6 Å². The molecular formula is C9H8BrIO2. The van der Waals surface area contributed by atoms with Crippen molar-refractivity contribution in [2.24, 2.45) is 0 Å². The van der Waals surface area contributed by atoms with Gasteiger partial charge in [0.05, 0.1) is 5.56 Å². The Hall–Kier alpha value is -0.100. The van der Waals surface area contributed by atoms with E-state index in [1.165, 1.54) is 0 Å². The summed E-state index contributed by atoms with van der Waals surface area (Å²) in [4.78, 5) is 10.9. The predicted molar refractivity (Wildman–Crippen MR) is 63.2 cm³/mol. The van der Waals surface area contributed by atoms with Crippen LogP contribution in [0.3, 0.4) is 0 Å². The van der Waals surface area contributed by atoms with Gasteiger partial charge in [0, 0.05) is 8.04 Å². The number of hydrogen-bond acceptors (Lipinski definition) is 1. The van der Waals surface area contributed by atoms with Gasteiger partial charge in [0.15, 0.2) is 0 Å². The SMILES string of the molecule is CCc1ccc(I)c(C(=O)O)c1Br. The number of benzene rings is 1. The number of rotatable bonds is 2. The first-order valence-corrected chi connectivity index (χ1v) is 5.65. The van der Waals surface area contributed by atoms with E-state index in [9.17, 15) is 4.79 Å². The van der Waals surface area contributed by atoms with Crippen LogP contribution in [-0.2, 0) is 6.42 Å². The van der Waals surface area contributed by atoms with Crippen LogP contribution in [0.15, 0.2) is 16.6 Å². The van der Waals surface area contributed by atoms with E-state index in [2.05, 4.69) is 15.9 Å². The molecule has 13 heavy (non-hydrogen) atoms. The maximum atomic E-state index is 10.9. The Labute approximate surface area is 98.6 Å². The smallest absolute Gasteiger partial charge is 0.337 e. The predicted octanol–water partition coefficient (Wildman–Crippen LogP) is 3.31. The van der Waals surface area contributed by atoms with Crippen LogP contribution >= 0.6 is 38.5 Å². The molecule has 4 heteroatoms. The first kappa shape index (κ1) is 11.0. The average Bonchev–Trinajstić information content (AvgIpc) is 2.04. The molecule has 0 atom stereocenters. The van der Waals surface area contributed by atoms with Crippen LogP contribution in [0.2, 0.25) is 0 Å². The van der Waals surface area contributed by atoms with Gasteiger partial charge in [-0.3, -0.25) is 0 Å². The van der Waals surface area contributed by atoms with E-state index in [0.717, 1.165) is 15.6 Å². The van der Waals surface area contributed by atoms with Crippen LogP contribution in [0, 0.1) is 3.57 Å². The van der Waals surface area contributed by atoms with Crippen molar-refractivity contribution in [2.45, 2.75) is 13.3 Å². The van der Waals surface area contributed by atoms with Crippen molar-refractivity contribution < 1.29 is 9.90 Å². The molecule has 1 aromatic rings. The van der Waals surface area contributed by atoms with E-state index in [0.29, 0.717) is 10.0 Å². The Balaban J connectivity index is 3.38. The van der Waals surface area contributed by atoms with Gasteiger partial charge in [0.2, 0.25) is 0 Å². The van der Waals surface area contributed by atoms with E-state index in [1.807, 2.05) is 41.6 Å². The summed E-state index contributed by atoms with van der Waals surface area (Å²) in [5.41, 5.74) is 1.39. The highest BCUT2D eigenvalue weighted by atomic mass is 127. The molecule has 0 bridgehead atoms. The molecular weight excluding hydrogens is 347 g/mol. The second kappa shape index (κ2) is 4.41. The van der Waals surface area contributed by atoms with Crippen molar-refractivity contribution in [1.82, 2.24) is 0 Å². The van der Waals surface area contributed by atoms with Crippen molar-refractivity contribution >= 4 is 44.5 Å². The molecule has 2 nitrogen and oxygen atoms in total. The summed E-state index contributed by atoms with van der Waals surface area (Å²) >= 11 is 5.33. The normalized spacial score (nSPS) is 10.1. The first-order valence-electron chi connectivity index (χ1n) is 3.78. The van der Waals surface area contributed by atoms with Crippen molar-refractivity contribution in [3.05, 3.63) is 31.3 Å². The summed E-state index contributed by atoms with van der Waals surface area (Å²) in [6.07, 6.45) is 0.831. The number of carbonyl (C=O) groups is 1. The molecule has 0 aliphatic carbocycles. The molecule has 0 amide bonds. The van der Waals surface area contributed by atoms with Crippen molar-refractivity contribution in [3.63, 3.8) is 0 Å². The van der Waals surface area contributed by atoms with E-state index in [4.69, 9.17) is 5.11 Å². The standard InChI is InChI=1S/C9H8BrIO2/c1-2-5-3-4-6(11)7(8(5)10)9(12)13/h3-4H,2H2,1H3,(H,12,13). The Morgan fingerprint density at radius 3 is 2.69 bits per heavy atom. The maximum absolute atomic E-state index is 10.9. The lowest BCUT2D eigenvalue weighted by molar-refractivity contribution is 0.0694. The first-order chi connectivity index (χ1) is 6.07. The van der Waals surface area contributed by atoms with Crippen LogP contribution in [0.5, 0.6) is 0 Å². The van der Waals surface area contributed by atoms with Gasteiger partial charge in [0.25, 0.3) is 0 Å². The molecule has 0 fully saturated rings. The summed E-state index contributed by atoms with van der Waals surface area (Å²) < 4.78 is 1.46. The summed E-state index contributed by atoms with van der Waals surface area (Å²) in [6, 6.07) is 3.77. The molecule has 1 aromatic carbocycles. The summed E-state index contributed by atoms with van der Waals surface area (Å²) in [5.74, 6) is -0.883. The second-order valence-corrected chi connectivity index (χ2v) is 4.51. The third-order valence-corrected chi connectivity index (χ3v) is 3.57. The molecule has 0 aromatic heterocycles. The summed E-state index contributed by atoms with van der Waals surface area (Å²) in [6.45, 7) is 2.00. The molecule has 1 N–H and O–H groups in total. The molecule has 0 saturated heterocycles. The van der Waals surface area contributed by atoms with Gasteiger partial charge in [-0.15, -0.1) is 0 Å². The quantitative estimate of drug-likeness (QED) is 0.827. The zero-order chi connectivity index (χ0) is 10.0. The minimum absolute atomic E-state index is 0.361. The van der Waals surface area contributed by atoms with E-state index >= 15 is 0 Å². The Morgan fingerprint density at radius 2 is 2.23 bits per heavy atom. The maximum Gasteiger partial charge on any atom is 0.337 e. The fraction of sp³-hybridized carbons (Fsp3) is 0.222. The number of carboxylic acids is 1. The van der Waals surface area contributed by atoms with Crippen LogP contribution in [0.25, 0.3) is 0 Å². The monoisotopic (exact) mass is 354 g/mol. The van der Waals surface area contributed by atoms with E-state index < -0.39 is 5.97 Å². The molecule has 0 heterocycles. The molecule has 70 valence electrons. The molecule has 0 unspecified atom stereocenters. The van der Waals surface area contributed by atoms with Crippen molar-refractivity contribution in [2.75, 3.05) is 0 Å². The third-order valence-electron chi connectivity index (χ3n) is 1.77. The number of aryl methyl sites for hydroxylation is 1. The summed E-state index contributed by atoms with van der Waals surface area (Å²) in [5, 5.41) is 8.93. The third kappa shape index (κ3) is 2.22. The Morgan fingerprint density at radius 1 is 1.62 bits per heavy atom. The molecule has 0 aliphatic heterocycles. The van der Waals surface area contributed by atoms with Crippen molar-refractivity contribution in [3.8, 4) is 0 Å². The number of aromatic carboxylic acids is 1. The lowest BCUT2D eigenvalue weighted by Crippen LogP contribution is -2.03. The second-order valence-electron chi connectivity index (χ2n) is 2.55. The Kier molecular flexibility index (Phi) is 3.73. The lowest BCUT2D eigenvalue weighted by Gasteiger charge is -2.06. The molecule has 1 rings (SSSR count). The molecule has 0 aliphatic rings. The number of hydrogen-bond donors (Lipinski definition) is 1. The molecule has 0 saturated carbocycles. The number of halogens is 2. The van der Waals surface area contributed by atoms with Gasteiger partial charge >= 0.3 is 5.97 Å². The van der Waals surface area contributed by atoms with Gasteiger partial charge in [-0.25, -0.2) is 4.79 Å². The van der Waals surface area contributed by atoms with Crippen molar-refractivity contribution in [1.29, 1.82) is 0 Å². The molecule has 0 radical (unpaired) electrons. The fourth-order valence-corrected chi connectivity index (χ4v) is 2.91. The van der Waals surface area contributed by atoms with E-state index in [1.54, 1.807) is 0 Å². The van der Waals surface area contributed by atoms with E-state index in [-0.39, 0.29) is 0 Å². The van der Waals surface area contributed by atoms with Crippen LogP contribution < -0.4 is 0 Å². The highest BCUT2D eigenvalue weighted by Gasteiger charge is 2.14. The molecule has 0 spiro atoms. The van der Waals surface area contributed by atoms with Gasteiger partial charge in [-0.2, -0.15) is 0 Å². The minimum Gasteiger partial charge on any atom is -0.478 e. The van der Waals surface area contributed by atoms with Crippen LogP contribution in [-0.4, -0.2) is 11.1 Å². The topological polar surface area (TPSA) is 37.3 Å². The lowest BCUT2D eigenvalue weighted by atomic mass is 10.1. The highest BCUT2D eigenvalue weighted by Crippen LogP contribution is 2.26. The zero-order valence-electron chi connectivity index (χ0n) is 6.97. The van der Waals surface area contributed by atoms with Gasteiger partial charge in [-0.1, -0.05) is 13.0 Å². The van der Waals surface area contributed by atoms with Crippen LogP contribution in [0.4, 0.5) is 0 Å². The van der Waals surface area contributed by atoms with Gasteiger partial charge < -0.3 is 5.11 Å².